The Morgan fingerprint density at radius 1 is 0.960 bits per heavy atom. The van der Waals surface area contributed by atoms with Crippen molar-refractivity contribution in [1.82, 2.24) is 4.98 Å². The molecule has 25 heavy (non-hydrogen) atoms. The van der Waals surface area contributed by atoms with Gasteiger partial charge in [-0.25, -0.2) is 0 Å². The van der Waals surface area contributed by atoms with Gasteiger partial charge in [0.05, 0.1) is 11.6 Å². The fourth-order valence-corrected chi connectivity index (χ4v) is 2.98. The Bertz CT molecular complexity index is 1020. The third-order valence-electron chi connectivity index (χ3n) is 4.15. The lowest BCUT2D eigenvalue weighted by molar-refractivity contribution is 0.600. The van der Waals surface area contributed by atoms with Crippen molar-refractivity contribution in [3.8, 4) is 11.1 Å². The molecule has 4 rings (SSSR count). The highest BCUT2D eigenvalue weighted by Crippen LogP contribution is 2.30. The SMILES string of the molecule is Nc1cc(N)c2c(CNc3ccccc3-c3ccccc3)coc2n1. The third-order valence-corrected chi connectivity index (χ3v) is 4.15. The first-order valence-corrected chi connectivity index (χ1v) is 8.03. The van der Waals surface area contributed by atoms with Crippen LogP contribution < -0.4 is 16.8 Å². The largest absolute Gasteiger partial charge is 0.446 e. The maximum absolute atomic E-state index is 6.08. The van der Waals surface area contributed by atoms with Crippen LogP contribution in [0, 0.1) is 0 Å². The van der Waals surface area contributed by atoms with Crippen LogP contribution >= 0.6 is 0 Å². The van der Waals surface area contributed by atoms with Gasteiger partial charge in [-0.3, -0.25) is 0 Å². The summed E-state index contributed by atoms with van der Waals surface area (Å²) in [5, 5.41) is 4.28. The lowest BCUT2D eigenvalue weighted by Gasteiger charge is -2.12. The van der Waals surface area contributed by atoms with Crippen molar-refractivity contribution < 1.29 is 4.42 Å². The molecule has 0 aliphatic carbocycles. The summed E-state index contributed by atoms with van der Waals surface area (Å²) in [5.74, 6) is 0.355. The van der Waals surface area contributed by atoms with E-state index in [0.717, 1.165) is 27.8 Å². The van der Waals surface area contributed by atoms with Crippen LogP contribution in [0.15, 0.2) is 71.3 Å². The first-order valence-electron chi connectivity index (χ1n) is 8.03. The number of furan rings is 1. The van der Waals surface area contributed by atoms with E-state index >= 15 is 0 Å². The molecule has 0 bridgehead atoms. The van der Waals surface area contributed by atoms with Gasteiger partial charge < -0.3 is 21.2 Å². The standard InChI is InChI=1S/C20H18N4O/c21-16-10-18(22)24-20-19(16)14(12-25-20)11-23-17-9-5-4-8-15(17)13-6-2-1-3-7-13/h1-10,12,23H,11H2,(H4,21,22,24). The van der Waals surface area contributed by atoms with E-state index in [9.17, 15) is 0 Å². The predicted octanol–water partition coefficient (Wildman–Crippen LogP) is 4.27. The van der Waals surface area contributed by atoms with E-state index in [-0.39, 0.29) is 0 Å². The van der Waals surface area contributed by atoms with Crippen LogP contribution in [0.4, 0.5) is 17.2 Å². The van der Waals surface area contributed by atoms with Crippen LogP contribution in [-0.4, -0.2) is 4.98 Å². The predicted molar refractivity (Wildman–Crippen MR) is 102 cm³/mol. The van der Waals surface area contributed by atoms with Crippen molar-refractivity contribution in [3.05, 3.63) is 72.5 Å². The van der Waals surface area contributed by atoms with Crippen LogP contribution in [-0.2, 0) is 6.54 Å². The number of para-hydroxylation sites is 1. The summed E-state index contributed by atoms with van der Waals surface area (Å²) in [6, 6.07) is 20.1. The number of nitrogens with zero attached hydrogens (tertiary/aromatic N) is 1. The third kappa shape index (κ3) is 2.87. The van der Waals surface area contributed by atoms with Gasteiger partial charge in [-0.15, -0.1) is 0 Å². The number of pyridine rings is 1. The molecule has 0 atom stereocenters. The zero-order chi connectivity index (χ0) is 17.2. The number of benzene rings is 2. The number of hydrogen-bond acceptors (Lipinski definition) is 5. The van der Waals surface area contributed by atoms with Crippen molar-refractivity contribution in [1.29, 1.82) is 0 Å². The molecular formula is C20H18N4O. The first kappa shape index (κ1) is 15.1. The Morgan fingerprint density at radius 3 is 2.56 bits per heavy atom. The second kappa shape index (κ2) is 6.20. The highest BCUT2D eigenvalue weighted by atomic mass is 16.3. The van der Waals surface area contributed by atoms with Gasteiger partial charge in [0.2, 0.25) is 5.71 Å². The molecule has 2 aromatic carbocycles. The molecule has 4 aromatic rings. The maximum Gasteiger partial charge on any atom is 0.230 e. The van der Waals surface area contributed by atoms with E-state index in [1.807, 2.05) is 30.3 Å². The minimum atomic E-state index is 0.355. The molecule has 2 heterocycles. The number of rotatable bonds is 4. The molecule has 124 valence electrons. The Hall–Kier alpha value is -3.47. The molecule has 0 saturated heterocycles. The monoisotopic (exact) mass is 330 g/mol. The molecule has 2 aromatic heterocycles. The van der Waals surface area contributed by atoms with Crippen LogP contribution in [0.1, 0.15) is 5.56 Å². The van der Waals surface area contributed by atoms with Crippen molar-refractivity contribution in [2.24, 2.45) is 0 Å². The maximum atomic E-state index is 6.08. The lowest BCUT2D eigenvalue weighted by Crippen LogP contribution is -2.02. The van der Waals surface area contributed by atoms with Gasteiger partial charge >= 0.3 is 0 Å². The molecule has 0 spiro atoms. The Labute approximate surface area is 145 Å². The number of nitrogens with one attached hydrogen (secondary N) is 1. The Morgan fingerprint density at radius 2 is 1.72 bits per heavy atom. The number of aromatic nitrogens is 1. The summed E-state index contributed by atoms with van der Waals surface area (Å²) in [6.45, 7) is 0.576. The summed E-state index contributed by atoms with van der Waals surface area (Å²) in [4.78, 5) is 4.18. The average molecular weight is 330 g/mol. The van der Waals surface area contributed by atoms with Crippen LogP contribution in [0.2, 0.25) is 0 Å². The minimum Gasteiger partial charge on any atom is -0.446 e. The van der Waals surface area contributed by atoms with E-state index in [1.165, 1.54) is 0 Å². The van der Waals surface area contributed by atoms with Gasteiger partial charge in [-0.05, 0) is 11.6 Å². The molecule has 0 radical (unpaired) electrons. The van der Waals surface area contributed by atoms with Gasteiger partial charge in [-0.2, -0.15) is 4.98 Å². The van der Waals surface area contributed by atoms with Gasteiger partial charge in [-0.1, -0.05) is 48.5 Å². The highest BCUT2D eigenvalue weighted by Gasteiger charge is 2.12. The van der Waals surface area contributed by atoms with Crippen LogP contribution in [0.5, 0.6) is 0 Å². The van der Waals surface area contributed by atoms with E-state index in [2.05, 4.69) is 34.6 Å². The van der Waals surface area contributed by atoms with Crippen LogP contribution in [0.25, 0.3) is 22.2 Å². The van der Waals surface area contributed by atoms with Gasteiger partial charge in [0.25, 0.3) is 0 Å². The number of anilines is 3. The van der Waals surface area contributed by atoms with Crippen molar-refractivity contribution in [2.45, 2.75) is 6.54 Å². The van der Waals surface area contributed by atoms with Crippen molar-refractivity contribution in [2.75, 3.05) is 16.8 Å². The molecule has 0 aliphatic heterocycles. The Balaban J connectivity index is 1.65. The molecule has 0 aliphatic rings. The Kier molecular flexibility index (Phi) is 3.74. The van der Waals surface area contributed by atoms with E-state index in [1.54, 1.807) is 12.3 Å². The number of hydrogen-bond donors (Lipinski definition) is 3. The van der Waals surface area contributed by atoms with Gasteiger partial charge in [0.15, 0.2) is 0 Å². The van der Waals surface area contributed by atoms with Crippen molar-refractivity contribution in [3.63, 3.8) is 0 Å². The fourth-order valence-electron chi connectivity index (χ4n) is 2.98. The van der Waals surface area contributed by atoms with E-state index in [0.29, 0.717) is 23.8 Å². The number of nitrogen functional groups attached to an aromatic ring is 2. The summed E-state index contributed by atoms with van der Waals surface area (Å²) in [5.41, 5.74) is 17.1. The normalized spacial score (nSPS) is 10.9. The molecule has 0 fully saturated rings. The summed E-state index contributed by atoms with van der Waals surface area (Å²) in [7, 11) is 0. The molecule has 0 saturated carbocycles. The zero-order valence-electron chi connectivity index (χ0n) is 13.6. The topological polar surface area (TPSA) is 90.1 Å². The zero-order valence-corrected chi connectivity index (χ0v) is 13.6. The van der Waals surface area contributed by atoms with E-state index in [4.69, 9.17) is 15.9 Å². The second-order valence-corrected chi connectivity index (χ2v) is 5.84. The van der Waals surface area contributed by atoms with Gasteiger partial charge in [0.1, 0.15) is 5.82 Å². The minimum absolute atomic E-state index is 0.355. The van der Waals surface area contributed by atoms with Crippen molar-refractivity contribution >= 4 is 28.3 Å². The average Bonchev–Trinajstić information content (AvgIpc) is 3.04. The molecular weight excluding hydrogens is 312 g/mol. The molecule has 5 N–H and O–H groups in total. The smallest absolute Gasteiger partial charge is 0.230 e. The molecule has 5 heteroatoms. The van der Waals surface area contributed by atoms with Gasteiger partial charge in [0, 0.05) is 35.1 Å². The number of fused-ring (bicyclic) bond motifs is 1. The molecule has 0 amide bonds. The quantitative estimate of drug-likeness (QED) is 0.520. The molecule has 5 nitrogen and oxygen atoms in total. The highest BCUT2D eigenvalue weighted by molar-refractivity contribution is 5.91. The fraction of sp³-hybridized carbons (Fsp3) is 0.0500. The summed E-state index contributed by atoms with van der Waals surface area (Å²) in [6.07, 6.45) is 1.67. The van der Waals surface area contributed by atoms with E-state index < -0.39 is 0 Å². The molecule has 0 unspecified atom stereocenters. The second-order valence-electron chi connectivity index (χ2n) is 5.84. The first-order chi connectivity index (χ1) is 12.2. The summed E-state index contributed by atoms with van der Waals surface area (Å²) < 4.78 is 5.50. The summed E-state index contributed by atoms with van der Waals surface area (Å²) >= 11 is 0. The number of nitrogens with two attached hydrogens (primary N) is 2. The lowest BCUT2D eigenvalue weighted by atomic mass is 10.0. The van der Waals surface area contributed by atoms with Crippen LogP contribution in [0.3, 0.4) is 0 Å².